The number of nitrogens with one attached hydrogen (secondary N) is 4. The molecule has 0 spiro atoms. The van der Waals surface area contributed by atoms with Gasteiger partial charge in [-0.2, -0.15) is 15.0 Å². The minimum absolute atomic E-state index is 0.0274. The molecule has 796 valence electrons. The van der Waals surface area contributed by atoms with Gasteiger partial charge in [0, 0.05) is 146 Å². The van der Waals surface area contributed by atoms with Crippen LogP contribution in [-0.4, -0.2) is 342 Å². The number of benzene rings is 5. The van der Waals surface area contributed by atoms with Crippen molar-refractivity contribution in [3.8, 4) is 52.1 Å². The molecule has 15 heterocycles. The molecule has 10 aliphatic rings. The van der Waals surface area contributed by atoms with E-state index in [1.807, 2.05) is 71.4 Å². The Labute approximate surface area is 863 Å². The first kappa shape index (κ1) is 106. The molecular formula is C106H146FN21O15S4. The standard InChI is InChI=1S/C29H35N5O4S.C27H42N6O4S.C26H38N4O4S.C24H31FN6O3S/c1-37-26-18-23-24(19-27(26)38-16-7-14-33-12-4-5-13-33)31-29(34-15-11-21-8-2-3-10-25(21)34)32-28(23)30-22-9-6-17-39(35,36)20-22;1-31-9-6-13-33(15-14-31)27-29-23-19-25(37-16-7-12-32-10-3-4-11-32)24(36-2)18-22(23)26(30-27)28-21-8-5-17-38(34,35)20-21;1-33-23-16-21-22(17-24(23)34-14-7-13-30-11-4-5-12-30)28-25(19-8-2-3-9-19)29-26(21)27-20-10-6-15-35(31,32)18-20;25-20-14-19-21(15-22(20)34-12-5-10-30-8-2-1-3-9-30)28-24(31-11-7-26-17-31)29-23(19)27-18-6-4-13-35(32,33)16-18/h2-3,8,10-11,15,18-19,22H,4-7,9,12-14,16-17,20H2,1H3,(H,30,31,32);18-19,21H,3-17,20H2,1-2H3,(H,28,29,30);16-17,19-20H,2-15,18H2,1H3,(H,27,28,29);7,11,14-15,17-18H,1-6,8-10,12-13,16H2,(H,27,28,29). The minimum atomic E-state index is -3.11. The number of likely N-dealkylation sites (tertiary alicyclic amines) is 4. The zero-order chi connectivity index (χ0) is 102. The van der Waals surface area contributed by atoms with Crippen LogP contribution in [0.3, 0.4) is 0 Å². The van der Waals surface area contributed by atoms with Crippen molar-refractivity contribution in [2.45, 2.75) is 197 Å². The summed E-state index contributed by atoms with van der Waals surface area (Å²) in [5.74, 6) is 9.99. The predicted octanol–water partition coefficient (Wildman–Crippen LogP) is 14.4. The molecule has 0 bridgehead atoms. The Hall–Kier alpha value is -10.7. The molecule has 147 heavy (non-hydrogen) atoms. The molecule has 0 amide bonds. The highest BCUT2D eigenvalue weighted by molar-refractivity contribution is 7.92. The highest BCUT2D eigenvalue weighted by Crippen LogP contribution is 2.43. The number of ether oxygens (including phenoxy) is 7. The highest BCUT2D eigenvalue weighted by Gasteiger charge is 2.34. The normalized spacial score (nSPS) is 21.5. The zero-order valence-corrected chi connectivity index (χ0v) is 88.9. The van der Waals surface area contributed by atoms with Crippen molar-refractivity contribution in [2.24, 2.45) is 0 Å². The second kappa shape index (κ2) is 49.9. The number of piperidine rings is 1. The number of aromatic nitrogens is 11. The first-order valence-corrected chi connectivity index (χ1v) is 60.6. The van der Waals surface area contributed by atoms with Gasteiger partial charge < -0.3 is 83.8 Å². The maximum absolute atomic E-state index is 15.0. The fourth-order valence-corrected chi connectivity index (χ4v) is 28.4. The number of hydrogen-bond acceptors (Lipinski definition) is 34. The number of hydrogen-bond donors (Lipinski definition) is 4. The van der Waals surface area contributed by atoms with Crippen molar-refractivity contribution < 1.29 is 71.2 Å². The Bertz CT molecular complexity index is 6770. The van der Waals surface area contributed by atoms with Gasteiger partial charge in [0.15, 0.2) is 85.4 Å². The molecule has 5 aromatic carbocycles. The number of methoxy groups -OCH3 is 3. The second-order valence-electron chi connectivity index (χ2n) is 41.0. The summed E-state index contributed by atoms with van der Waals surface area (Å²) < 4.78 is 158. The highest BCUT2D eigenvalue weighted by atomic mass is 32.2. The quantitative estimate of drug-likeness (QED) is 0.0268. The summed E-state index contributed by atoms with van der Waals surface area (Å²) in [6.45, 7) is 19.4. The van der Waals surface area contributed by atoms with Gasteiger partial charge in [0.05, 0.1) is 121 Å². The lowest BCUT2D eigenvalue weighted by atomic mass is 10.1. The van der Waals surface area contributed by atoms with E-state index in [-0.39, 0.29) is 75.9 Å². The van der Waals surface area contributed by atoms with E-state index in [1.165, 1.54) is 116 Å². The Morgan fingerprint density at radius 2 is 0.748 bits per heavy atom. The van der Waals surface area contributed by atoms with E-state index in [9.17, 15) is 33.7 Å². The topological polar surface area (TPSA) is 395 Å². The molecule has 6 aromatic heterocycles. The molecule has 4 atom stereocenters. The largest absolute Gasteiger partial charge is 0.493 e. The summed E-state index contributed by atoms with van der Waals surface area (Å²) in [7, 11) is -5.23. The Morgan fingerprint density at radius 1 is 0.361 bits per heavy atom. The van der Waals surface area contributed by atoms with Crippen LogP contribution in [0, 0.1) is 5.82 Å². The van der Waals surface area contributed by atoms with Gasteiger partial charge in [-0.25, -0.2) is 68.0 Å². The fraction of sp³-hybridized carbons (Fsp3) is 0.594. The zero-order valence-electron chi connectivity index (χ0n) is 85.6. The Balaban J connectivity index is 0.000000129. The maximum Gasteiger partial charge on any atom is 0.237 e. The van der Waals surface area contributed by atoms with Crippen LogP contribution in [0.2, 0.25) is 0 Å². The molecule has 9 saturated heterocycles. The third-order valence-corrected chi connectivity index (χ3v) is 37.0. The minimum Gasteiger partial charge on any atom is -0.493 e. The molecule has 4 unspecified atom stereocenters. The van der Waals surface area contributed by atoms with Crippen LogP contribution in [0.1, 0.15) is 179 Å². The first-order chi connectivity index (χ1) is 71.4. The van der Waals surface area contributed by atoms with Gasteiger partial charge >= 0.3 is 0 Å². The number of imidazole rings is 1. The summed E-state index contributed by atoms with van der Waals surface area (Å²) in [4.78, 5) is 57.3. The number of fused-ring (bicyclic) bond motifs is 5. The van der Waals surface area contributed by atoms with Crippen molar-refractivity contribution in [1.29, 1.82) is 0 Å². The van der Waals surface area contributed by atoms with Crippen LogP contribution in [0.4, 0.5) is 33.6 Å². The summed E-state index contributed by atoms with van der Waals surface area (Å²) in [6, 6.07) is 23.8. The molecule has 10 fully saturated rings. The van der Waals surface area contributed by atoms with Gasteiger partial charge in [-0.05, 0) is 250 Å². The Kier molecular flexibility index (Phi) is 36.0. The molecule has 0 radical (unpaired) electrons. The molecule has 11 aromatic rings. The van der Waals surface area contributed by atoms with Crippen LogP contribution >= 0.6 is 0 Å². The van der Waals surface area contributed by atoms with Crippen LogP contribution in [-0.2, 0) is 39.3 Å². The van der Waals surface area contributed by atoms with Crippen LogP contribution < -0.4 is 59.3 Å². The molecular weight excluding hydrogens is 1950 g/mol. The van der Waals surface area contributed by atoms with E-state index in [0.29, 0.717) is 156 Å². The van der Waals surface area contributed by atoms with Gasteiger partial charge in [0.1, 0.15) is 35.4 Å². The predicted molar refractivity (Wildman–Crippen MR) is 576 cm³/mol. The molecule has 41 heteroatoms. The lowest BCUT2D eigenvalue weighted by Gasteiger charge is -2.26. The third kappa shape index (κ3) is 28.7. The van der Waals surface area contributed by atoms with Gasteiger partial charge in [-0.15, -0.1) is 0 Å². The number of anilines is 5. The van der Waals surface area contributed by atoms with Crippen LogP contribution in [0.5, 0.6) is 40.2 Å². The van der Waals surface area contributed by atoms with Crippen molar-refractivity contribution in [1.82, 2.24) is 78.5 Å². The number of halogens is 1. The van der Waals surface area contributed by atoms with Gasteiger partial charge in [-0.3, -0.25) is 9.13 Å². The van der Waals surface area contributed by atoms with Crippen molar-refractivity contribution in [3.63, 3.8) is 0 Å². The van der Waals surface area contributed by atoms with Gasteiger partial charge in [-0.1, -0.05) is 37.5 Å². The second-order valence-corrected chi connectivity index (χ2v) is 49.9. The smallest absolute Gasteiger partial charge is 0.237 e. The summed E-state index contributed by atoms with van der Waals surface area (Å²) >= 11 is 0. The lowest BCUT2D eigenvalue weighted by Crippen LogP contribution is -2.35. The van der Waals surface area contributed by atoms with E-state index >= 15 is 4.39 Å². The maximum atomic E-state index is 15.0. The monoisotopic (exact) mass is 2100 g/mol. The SMILES string of the molecule is COc1cc2c(NC3CCCS(=O)(=O)C3)nc(-n3ccc4ccccc43)nc2cc1OCCCN1CCCC1.COc1cc2c(NC3CCCS(=O)(=O)C3)nc(C3CCCC3)nc2cc1OCCCN1CCCC1.COc1cc2c(NC3CCCS(=O)(=O)C3)nc(N3CCCN(C)CC3)nc2cc1OCCCN1CCCC1.O=S1(=O)CCCC(Nc2nc(-n3ccnc3)nc3cc(OCCCN4CCCCC4)c(F)cc23)C1. The van der Waals surface area contributed by atoms with Crippen LogP contribution in [0.15, 0.2) is 104 Å². The fourth-order valence-electron chi connectivity index (χ4n) is 21.9. The average Bonchev–Trinajstić information content (AvgIpc) is 1.75. The van der Waals surface area contributed by atoms with Crippen molar-refractivity contribution in [3.05, 3.63) is 115 Å². The number of nitrogens with zero attached hydrogens (tertiary/aromatic N) is 17. The van der Waals surface area contributed by atoms with E-state index in [2.05, 4.69) is 78.7 Å². The molecule has 36 nitrogen and oxygen atoms in total. The van der Waals surface area contributed by atoms with E-state index in [0.717, 1.165) is 174 Å². The van der Waals surface area contributed by atoms with Gasteiger partial charge in [0.25, 0.3) is 0 Å². The van der Waals surface area contributed by atoms with E-state index in [4.69, 9.17) is 63.1 Å². The average molecular weight is 2100 g/mol. The lowest BCUT2D eigenvalue weighted by molar-refractivity contribution is 0.203. The first-order valence-electron chi connectivity index (χ1n) is 53.3. The Morgan fingerprint density at radius 3 is 1.18 bits per heavy atom. The molecule has 4 N–H and O–H groups in total. The van der Waals surface area contributed by atoms with E-state index < -0.39 is 45.2 Å². The molecule has 21 rings (SSSR count). The number of rotatable bonds is 35. The third-order valence-electron chi connectivity index (χ3n) is 29.7. The van der Waals surface area contributed by atoms with Crippen LogP contribution in [0.25, 0.3) is 66.4 Å². The van der Waals surface area contributed by atoms with Gasteiger partial charge in [0.2, 0.25) is 17.8 Å². The number of sulfone groups is 4. The summed E-state index contributed by atoms with van der Waals surface area (Å²) in [5, 5.41) is 17.6. The van der Waals surface area contributed by atoms with Crippen molar-refractivity contribution >= 4 is 123 Å². The number of likely N-dealkylation sites (N-methyl/N-ethyl adjacent to an activating group) is 1. The summed E-state index contributed by atoms with van der Waals surface area (Å²) in [5.41, 5.74) is 3.80. The molecule has 1 saturated carbocycles. The van der Waals surface area contributed by atoms with E-state index in [1.54, 1.807) is 50.7 Å². The summed E-state index contributed by atoms with van der Waals surface area (Å²) in [6.07, 6.45) is 33.3. The molecule has 9 aliphatic heterocycles. The van der Waals surface area contributed by atoms with Crippen molar-refractivity contribution in [2.75, 3.05) is 232 Å². The molecule has 1 aliphatic carbocycles. The number of para-hydroxylation sites is 1.